The largest absolute Gasteiger partial charge is 0.460 e. The van der Waals surface area contributed by atoms with Gasteiger partial charge in [-0.1, -0.05) is 18.2 Å². The Balaban J connectivity index is 3.45. The van der Waals surface area contributed by atoms with Crippen molar-refractivity contribution in [1.82, 2.24) is 0 Å². The van der Waals surface area contributed by atoms with Crippen molar-refractivity contribution in [2.75, 3.05) is 20.3 Å². The molecule has 0 atom stereocenters. The Bertz CT molecular complexity index is 171. The van der Waals surface area contributed by atoms with Gasteiger partial charge in [-0.05, 0) is 6.92 Å². The predicted molar refractivity (Wildman–Crippen MR) is 46.8 cm³/mol. The maximum Gasteiger partial charge on any atom is 0.330 e. The molecule has 0 radical (unpaired) electrons. The van der Waals surface area contributed by atoms with Gasteiger partial charge in [0.25, 0.3) is 0 Å². The number of rotatable bonds is 5. The fourth-order valence-corrected chi connectivity index (χ4v) is 0.519. The van der Waals surface area contributed by atoms with Gasteiger partial charge in [0.05, 0.1) is 6.61 Å². The van der Waals surface area contributed by atoms with Crippen LogP contribution in [0.25, 0.3) is 0 Å². The van der Waals surface area contributed by atoms with E-state index < -0.39 is 0 Å². The van der Waals surface area contributed by atoms with E-state index in [2.05, 4.69) is 0 Å². The van der Waals surface area contributed by atoms with E-state index in [4.69, 9.17) is 9.47 Å². The van der Waals surface area contributed by atoms with Crippen LogP contribution in [0.2, 0.25) is 0 Å². The molecule has 0 N–H and O–H groups in total. The van der Waals surface area contributed by atoms with Gasteiger partial charge in [0.2, 0.25) is 0 Å². The Morgan fingerprint density at radius 1 is 1.33 bits per heavy atom. The van der Waals surface area contributed by atoms with Crippen LogP contribution in [-0.4, -0.2) is 26.3 Å². The molecule has 0 aromatic heterocycles. The van der Waals surface area contributed by atoms with Gasteiger partial charge in [-0.3, -0.25) is 0 Å². The highest BCUT2D eigenvalue weighted by Crippen LogP contribution is 1.83. The van der Waals surface area contributed by atoms with Crippen LogP contribution in [-0.2, 0) is 14.3 Å². The number of methoxy groups -OCH3 is 1. The number of ether oxygens (including phenoxy) is 2. The fourth-order valence-electron chi connectivity index (χ4n) is 0.519. The zero-order valence-corrected chi connectivity index (χ0v) is 7.45. The molecule has 3 heteroatoms. The SMILES string of the molecule is C/C=C/C=C/C(=O)OCCOC. The van der Waals surface area contributed by atoms with Gasteiger partial charge >= 0.3 is 5.97 Å². The molecule has 68 valence electrons. The van der Waals surface area contributed by atoms with Crippen LogP contribution in [0, 0.1) is 0 Å². The number of hydrogen-bond donors (Lipinski definition) is 0. The summed E-state index contributed by atoms with van der Waals surface area (Å²) in [6, 6.07) is 0. The summed E-state index contributed by atoms with van der Waals surface area (Å²) in [5, 5.41) is 0. The van der Waals surface area contributed by atoms with Crippen LogP contribution in [0.1, 0.15) is 6.92 Å². The molecule has 0 saturated carbocycles. The summed E-state index contributed by atoms with van der Waals surface area (Å²) in [5.41, 5.74) is 0. The van der Waals surface area contributed by atoms with Gasteiger partial charge in [0, 0.05) is 13.2 Å². The molecule has 0 aromatic rings. The normalized spacial score (nSPS) is 11.2. The second kappa shape index (κ2) is 8.01. The number of esters is 1. The van der Waals surface area contributed by atoms with Gasteiger partial charge in [-0.25, -0.2) is 4.79 Å². The van der Waals surface area contributed by atoms with Crippen molar-refractivity contribution in [3.8, 4) is 0 Å². The molecule has 0 aromatic carbocycles. The molecule has 0 fully saturated rings. The van der Waals surface area contributed by atoms with E-state index in [-0.39, 0.29) is 5.97 Å². The smallest absolute Gasteiger partial charge is 0.330 e. The number of hydrogen-bond acceptors (Lipinski definition) is 3. The molecule has 3 nitrogen and oxygen atoms in total. The summed E-state index contributed by atoms with van der Waals surface area (Å²) in [4.78, 5) is 10.8. The summed E-state index contributed by atoms with van der Waals surface area (Å²) in [6.45, 7) is 2.61. The highest BCUT2D eigenvalue weighted by Gasteiger charge is 1.93. The van der Waals surface area contributed by atoms with Crippen LogP contribution < -0.4 is 0 Å². The van der Waals surface area contributed by atoms with E-state index in [0.717, 1.165) is 0 Å². The first-order valence-corrected chi connectivity index (χ1v) is 3.76. The second-order valence-corrected chi connectivity index (χ2v) is 2.05. The van der Waals surface area contributed by atoms with Gasteiger partial charge < -0.3 is 9.47 Å². The van der Waals surface area contributed by atoms with E-state index in [9.17, 15) is 4.79 Å². The monoisotopic (exact) mass is 170 g/mol. The Kier molecular flexibility index (Phi) is 7.28. The van der Waals surface area contributed by atoms with E-state index in [0.29, 0.717) is 13.2 Å². The lowest BCUT2D eigenvalue weighted by Crippen LogP contribution is -2.06. The lowest BCUT2D eigenvalue weighted by atomic mass is 10.4. The highest BCUT2D eigenvalue weighted by molar-refractivity contribution is 5.82. The summed E-state index contributed by atoms with van der Waals surface area (Å²) >= 11 is 0. The maximum absolute atomic E-state index is 10.8. The van der Waals surface area contributed by atoms with Gasteiger partial charge in [-0.15, -0.1) is 0 Å². The minimum absolute atomic E-state index is 0.301. The van der Waals surface area contributed by atoms with Crippen molar-refractivity contribution in [2.24, 2.45) is 0 Å². The molecular formula is C9H14O3. The topological polar surface area (TPSA) is 35.5 Å². The number of carbonyl (C=O) groups is 1. The molecule has 0 spiro atoms. The molecule has 0 heterocycles. The predicted octanol–water partition coefficient (Wildman–Crippen LogP) is 1.31. The molecule has 0 unspecified atom stereocenters. The summed E-state index contributed by atoms with van der Waals surface area (Å²) in [7, 11) is 1.56. The molecule has 0 aliphatic rings. The molecule has 0 saturated heterocycles. The van der Waals surface area contributed by atoms with Crippen LogP contribution >= 0.6 is 0 Å². The number of carbonyl (C=O) groups excluding carboxylic acids is 1. The molecule has 0 aliphatic carbocycles. The Morgan fingerprint density at radius 2 is 2.08 bits per heavy atom. The van der Waals surface area contributed by atoms with E-state index in [1.165, 1.54) is 6.08 Å². The van der Waals surface area contributed by atoms with Crippen molar-refractivity contribution >= 4 is 5.97 Å². The molecule has 0 bridgehead atoms. The fraction of sp³-hybridized carbons (Fsp3) is 0.444. The average molecular weight is 170 g/mol. The first-order valence-electron chi connectivity index (χ1n) is 3.76. The van der Waals surface area contributed by atoms with Gasteiger partial charge in [-0.2, -0.15) is 0 Å². The highest BCUT2D eigenvalue weighted by atomic mass is 16.6. The minimum atomic E-state index is -0.342. The molecule has 0 aliphatic heterocycles. The third-order valence-corrected chi connectivity index (χ3v) is 1.07. The van der Waals surface area contributed by atoms with Crippen molar-refractivity contribution in [1.29, 1.82) is 0 Å². The Hall–Kier alpha value is -1.09. The van der Waals surface area contributed by atoms with Crippen LogP contribution in [0.4, 0.5) is 0 Å². The van der Waals surface area contributed by atoms with E-state index >= 15 is 0 Å². The van der Waals surface area contributed by atoms with Crippen molar-refractivity contribution in [2.45, 2.75) is 6.92 Å². The van der Waals surface area contributed by atoms with Gasteiger partial charge in [0.1, 0.15) is 6.61 Å². The third kappa shape index (κ3) is 7.02. The van der Waals surface area contributed by atoms with E-state index in [1.807, 2.05) is 13.0 Å². The first-order chi connectivity index (χ1) is 5.81. The lowest BCUT2D eigenvalue weighted by Gasteiger charge is -1.98. The summed E-state index contributed by atoms with van der Waals surface area (Å²) in [5.74, 6) is -0.342. The molecule has 12 heavy (non-hydrogen) atoms. The van der Waals surface area contributed by atoms with Crippen LogP contribution in [0.3, 0.4) is 0 Å². The van der Waals surface area contributed by atoms with Crippen LogP contribution in [0.15, 0.2) is 24.3 Å². The van der Waals surface area contributed by atoms with E-state index in [1.54, 1.807) is 19.3 Å². The maximum atomic E-state index is 10.8. The van der Waals surface area contributed by atoms with Crippen molar-refractivity contribution in [3.63, 3.8) is 0 Å². The van der Waals surface area contributed by atoms with Crippen molar-refractivity contribution in [3.05, 3.63) is 24.3 Å². The molecule has 0 rings (SSSR count). The van der Waals surface area contributed by atoms with Crippen LogP contribution in [0.5, 0.6) is 0 Å². The zero-order chi connectivity index (χ0) is 9.23. The Labute approximate surface area is 72.7 Å². The summed E-state index contributed by atoms with van der Waals surface area (Å²) < 4.78 is 9.45. The first kappa shape index (κ1) is 10.9. The standard InChI is InChI=1S/C9H14O3/c1-3-4-5-6-9(10)12-8-7-11-2/h3-6H,7-8H2,1-2H3/b4-3+,6-5+. The summed E-state index contributed by atoms with van der Waals surface area (Å²) in [6.07, 6.45) is 6.60. The second-order valence-electron chi connectivity index (χ2n) is 2.05. The Morgan fingerprint density at radius 3 is 2.67 bits per heavy atom. The zero-order valence-electron chi connectivity index (χ0n) is 7.45. The average Bonchev–Trinajstić information content (AvgIpc) is 2.06. The number of allylic oxidation sites excluding steroid dienone is 3. The quantitative estimate of drug-likeness (QED) is 0.270. The van der Waals surface area contributed by atoms with Gasteiger partial charge in [0.15, 0.2) is 0 Å². The molecule has 0 amide bonds. The molecular weight excluding hydrogens is 156 g/mol. The minimum Gasteiger partial charge on any atom is -0.460 e. The third-order valence-electron chi connectivity index (χ3n) is 1.07. The lowest BCUT2D eigenvalue weighted by molar-refractivity contribution is -0.138. The van der Waals surface area contributed by atoms with Crippen molar-refractivity contribution < 1.29 is 14.3 Å².